The van der Waals surface area contributed by atoms with Crippen LogP contribution in [0.5, 0.6) is 0 Å². The predicted octanol–water partition coefficient (Wildman–Crippen LogP) is 3.92. The van der Waals surface area contributed by atoms with E-state index >= 15 is 0 Å². The second kappa shape index (κ2) is 6.23. The van der Waals surface area contributed by atoms with Gasteiger partial charge in [-0.3, -0.25) is 4.79 Å². The second-order valence-corrected chi connectivity index (χ2v) is 5.25. The molecule has 0 bridgehead atoms. The lowest BCUT2D eigenvalue weighted by Crippen LogP contribution is -2.37. The molecular formula is C18H18N2O. The third kappa shape index (κ3) is 3.11. The van der Waals surface area contributed by atoms with Gasteiger partial charge in [-0.05, 0) is 50.6 Å². The van der Waals surface area contributed by atoms with Crippen molar-refractivity contribution in [2.75, 3.05) is 4.90 Å². The molecule has 0 aliphatic rings. The van der Waals surface area contributed by atoms with Gasteiger partial charge in [-0.1, -0.05) is 24.3 Å². The Labute approximate surface area is 125 Å². The molecule has 0 N–H and O–H groups in total. The van der Waals surface area contributed by atoms with Crippen LogP contribution in [0, 0.1) is 18.3 Å². The van der Waals surface area contributed by atoms with E-state index < -0.39 is 0 Å². The Balaban J connectivity index is 2.46. The summed E-state index contributed by atoms with van der Waals surface area (Å²) in [6.07, 6.45) is 0. The van der Waals surface area contributed by atoms with Crippen LogP contribution in [0.1, 0.15) is 35.3 Å². The summed E-state index contributed by atoms with van der Waals surface area (Å²) in [5.74, 6) is -0.0867. The number of amides is 1. The highest BCUT2D eigenvalue weighted by Crippen LogP contribution is 2.24. The molecule has 21 heavy (non-hydrogen) atoms. The largest absolute Gasteiger partial charge is 0.306 e. The van der Waals surface area contributed by atoms with Gasteiger partial charge in [0.1, 0.15) is 0 Å². The number of anilines is 1. The molecule has 3 heteroatoms. The normalized spacial score (nSPS) is 10.2. The van der Waals surface area contributed by atoms with E-state index in [1.807, 2.05) is 45.0 Å². The fourth-order valence-corrected chi connectivity index (χ4v) is 2.32. The lowest BCUT2D eigenvalue weighted by atomic mass is 10.1. The van der Waals surface area contributed by atoms with Crippen LogP contribution in [-0.4, -0.2) is 11.9 Å². The SMILES string of the molecule is Cc1ccccc1N(C(=O)c1cccc(C#N)c1)C(C)C. The molecule has 0 heterocycles. The summed E-state index contributed by atoms with van der Waals surface area (Å²) in [6, 6.07) is 16.7. The van der Waals surface area contributed by atoms with Crippen LogP contribution in [0.3, 0.4) is 0 Å². The third-order valence-electron chi connectivity index (χ3n) is 3.35. The first-order valence-electron chi connectivity index (χ1n) is 6.94. The van der Waals surface area contributed by atoms with E-state index in [1.165, 1.54) is 0 Å². The predicted molar refractivity (Wildman–Crippen MR) is 84.3 cm³/mol. The number of benzene rings is 2. The number of para-hydroxylation sites is 1. The number of carbonyl (C=O) groups excluding carboxylic acids is 1. The zero-order valence-corrected chi connectivity index (χ0v) is 12.5. The molecule has 0 aromatic heterocycles. The van der Waals surface area contributed by atoms with Crippen molar-refractivity contribution in [3.05, 3.63) is 65.2 Å². The summed E-state index contributed by atoms with van der Waals surface area (Å²) in [4.78, 5) is 14.6. The Morgan fingerprint density at radius 1 is 1.14 bits per heavy atom. The topological polar surface area (TPSA) is 44.1 Å². The molecule has 0 aliphatic heterocycles. The van der Waals surface area contributed by atoms with Crippen LogP contribution < -0.4 is 4.90 Å². The lowest BCUT2D eigenvalue weighted by molar-refractivity contribution is 0.0980. The average molecular weight is 278 g/mol. The van der Waals surface area contributed by atoms with Crippen LogP contribution in [-0.2, 0) is 0 Å². The summed E-state index contributed by atoms with van der Waals surface area (Å²) in [5, 5.41) is 8.98. The number of rotatable bonds is 3. The maximum atomic E-state index is 12.8. The minimum atomic E-state index is -0.0867. The molecule has 0 spiro atoms. The fourth-order valence-electron chi connectivity index (χ4n) is 2.32. The van der Waals surface area contributed by atoms with E-state index in [0.29, 0.717) is 11.1 Å². The standard InChI is InChI=1S/C18H18N2O/c1-13(2)20(17-10-5-4-7-14(17)3)18(21)16-9-6-8-15(11-16)12-19/h4-11,13H,1-3H3. The number of nitriles is 1. The Hall–Kier alpha value is -2.60. The Kier molecular flexibility index (Phi) is 4.39. The van der Waals surface area contributed by atoms with Crippen molar-refractivity contribution in [1.29, 1.82) is 5.26 Å². The van der Waals surface area contributed by atoms with Gasteiger partial charge in [0.2, 0.25) is 0 Å². The van der Waals surface area contributed by atoms with Crippen LogP contribution in [0.25, 0.3) is 0 Å². The third-order valence-corrected chi connectivity index (χ3v) is 3.35. The van der Waals surface area contributed by atoms with Gasteiger partial charge in [-0.2, -0.15) is 5.26 Å². The van der Waals surface area contributed by atoms with Gasteiger partial charge in [0.25, 0.3) is 5.91 Å². The monoisotopic (exact) mass is 278 g/mol. The highest BCUT2D eigenvalue weighted by molar-refractivity contribution is 6.07. The molecule has 106 valence electrons. The van der Waals surface area contributed by atoms with Gasteiger partial charge in [0, 0.05) is 17.3 Å². The molecule has 0 radical (unpaired) electrons. The molecule has 0 atom stereocenters. The van der Waals surface area contributed by atoms with Gasteiger partial charge in [-0.15, -0.1) is 0 Å². The van der Waals surface area contributed by atoms with Crippen molar-refractivity contribution >= 4 is 11.6 Å². The maximum Gasteiger partial charge on any atom is 0.258 e. The molecule has 3 nitrogen and oxygen atoms in total. The summed E-state index contributed by atoms with van der Waals surface area (Å²) in [5.41, 5.74) is 2.98. The van der Waals surface area contributed by atoms with Gasteiger partial charge in [-0.25, -0.2) is 0 Å². The van der Waals surface area contributed by atoms with Crippen molar-refractivity contribution in [3.63, 3.8) is 0 Å². The molecule has 0 unspecified atom stereocenters. The van der Waals surface area contributed by atoms with Crippen molar-refractivity contribution in [2.45, 2.75) is 26.8 Å². The minimum absolute atomic E-state index is 0.0318. The smallest absolute Gasteiger partial charge is 0.258 e. The Morgan fingerprint density at radius 2 is 1.86 bits per heavy atom. The van der Waals surface area contributed by atoms with E-state index in [4.69, 9.17) is 5.26 Å². The zero-order valence-electron chi connectivity index (χ0n) is 12.5. The van der Waals surface area contributed by atoms with Gasteiger partial charge in [0.15, 0.2) is 0 Å². The van der Waals surface area contributed by atoms with Crippen LogP contribution in [0.4, 0.5) is 5.69 Å². The number of nitrogens with zero attached hydrogens (tertiary/aromatic N) is 2. The fraction of sp³-hybridized carbons (Fsp3) is 0.222. The number of hydrogen-bond acceptors (Lipinski definition) is 2. The van der Waals surface area contributed by atoms with E-state index in [2.05, 4.69) is 6.07 Å². The van der Waals surface area contributed by atoms with E-state index in [9.17, 15) is 4.79 Å². The van der Waals surface area contributed by atoms with Crippen molar-refractivity contribution in [3.8, 4) is 6.07 Å². The molecule has 0 saturated carbocycles. The zero-order chi connectivity index (χ0) is 15.4. The highest BCUT2D eigenvalue weighted by atomic mass is 16.2. The lowest BCUT2D eigenvalue weighted by Gasteiger charge is -2.28. The highest BCUT2D eigenvalue weighted by Gasteiger charge is 2.22. The second-order valence-electron chi connectivity index (χ2n) is 5.25. The van der Waals surface area contributed by atoms with Crippen LogP contribution in [0.15, 0.2) is 48.5 Å². The Morgan fingerprint density at radius 3 is 2.48 bits per heavy atom. The molecule has 0 saturated heterocycles. The van der Waals surface area contributed by atoms with Crippen LogP contribution in [0.2, 0.25) is 0 Å². The molecular weight excluding hydrogens is 260 g/mol. The van der Waals surface area contributed by atoms with Crippen molar-refractivity contribution in [1.82, 2.24) is 0 Å². The molecule has 2 rings (SSSR count). The molecule has 1 amide bonds. The number of hydrogen-bond donors (Lipinski definition) is 0. The molecule has 0 fully saturated rings. The summed E-state index contributed by atoms with van der Waals surface area (Å²) < 4.78 is 0. The van der Waals surface area contributed by atoms with Crippen LogP contribution >= 0.6 is 0 Å². The first-order valence-corrected chi connectivity index (χ1v) is 6.94. The van der Waals surface area contributed by atoms with E-state index in [0.717, 1.165) is 11.3 Å². The van der Waals surface area contributed by atoms with Gasteiger partial charge < -0.3 is 4.90 Å². The Bertz CT molecular complexity index is 698. The average Bonchev–Trinajstić information content (AvgIpc) is 2.49. The number of aryl methyl sites for hydroxylation is 1. The van der Waals surface area contributed by atoms with E-state index in [-0.39, 0.29) is 11.9 Å². The quantitative estimate of drug-likeness (QED) is 0.854. The first kappa shape index (κ1) is 14.8. The first-order chi connectivity index (χ1) is 10.0. The van der Waals surface area contributed by atoms with Gasteiger partial charge in [0.05, 0.1) is 11.6 Å². The molecule has 2 aromatic carbocycles. The maximum absolute atomic E-state index is 12.8. The van der Waals surface area contributed by atoms with Crippen molar-refractivity contribution in [2.24, 2.45) is 0 Å². The molecule has 2 aromatic rings. The number of carbonyl (C=O) groups is 1. The minimum Gasteiger partial charge on any atom is -0.306 e. The van der Waals surface area contributed by atoms with Crippen molar-refractivity contribution < 1.29 is 4.79 Å². The molecule has 0 aliphatic carbocycles. The summed E-state index contributed by atoms with van der Waals surface area (Å²) in [6.45, 7) is 5.96. The van der Waals surface area contributed by atoms with Gasteiger partial charge >= 0.3 is 0 Å². The summed E-state index contributed by atoms with van der Waals surface area (Å²) >= 11 is 0. The van der Waals surface area contributed by atoms with E-state index in [1.54, 1.807) is 29.2 Å². The summed E-state index contributed by atoms with van der Waals surface area (Å²) in [7, 11) is 0.